The first kappa shape index (κ1) is 18.0. The molecule has 0 radical (unpaired) electrons. The van der Waals surface area contributed by atoms with Crippen molar-refractivity contribution in [3.8, 4) is 0 Å². The molecule has 0 saturated carbocycles. The first-order chi connectivity index (χ1) is 10.8. The van der Waals surface area contributed by atoms with E-state index in [1.165, 1.54) is 32.4 Å². The van der Waals surface area contributed by atoms with Crippen LogP contribution in [0.5, 0.6) is 0 Å². The normalized spacial score (nSPS) is 29.4. The van der Waals surface area contributed by atoms with Crippen molar-refractivity contribution in [2.75, 3.05) is 26.2 Å². The van der Waals surface area contributed by atoms with Crippen LogP contribution in [0.1, 0.15) is 46.5 Å². The van der Waals surface area contributed by atoms with E-state index in [2.05, 4.69) is 4.90 Å². The number of piperidine rings is 1. The van der Waals surface area contributed by atoms with Gasteiger partial charge in [0.15, 0.2) is 0 Å². The van der Waals surface area contributed by atoms with Crippen LogP contribution in [0, 0.1) is 11.3 Å². The fourth-order valence-corrected chi connectivity index (χ4v) is 3.92. The number of hydrogen-bond acceptors (Lipinski definition) is 4. The Morgan fingerprint density at radius 2 is 2.04 bits per heavy atom. The second kappa shape index (κ2) is 7.49. The molecule has 0 amide bonds. The maximum atomic E-state index is 10.9. The van der Waals surface area contributed by atoms with Crippen molar-refractivity contribution in [2.45, 2.75) is 52.1 Å². The van der Waals surface area contributed by atoms with Gasteiger partial charge in [-0.25, -0.2) is 0 Å². The van der Waals surface area contributed by atoms with Crippen molar-refractivity contribution in [3.05, 3.63) is 23.0 Å². The number of ether oxygens (including phenoxy) is 1. The van der Waals surface area contributed by atoms with E-state index in [-0.39, 0.29) is 5.84 Å². The van der Waals surface area contributed by atoms with Crippen molar-refractivity contribution in [1.82, 2.24) is 4.90 Å². The minimum absolute atomic E-state index is 0.0225. The second-order valence-electron chi connectivity index (χ2n) is 7.04. The molecule has 2 rings (SSSR count). The highest BCUT2D eigenvalue weighted by molar-refractivity contribution is 5.85. The molecule has 2 atom stereocenters. The summed E-state index contributed by atoms with van der Waals surface area (Å²) in [6.45, 7) is 9.53. The maximum Gasteiger partial charge on any atom is 0.132 e. The lowest BCUT2D eigenvalue weighted by molar-refractivity contribution is 0.00164. The van der Waals surface area contributed by atoms with Crippen LogP contribution in [0.3, 0.4) is 0 Å². The Hall–Kier alpha value is -1.33. The minimum atomic E-state index is -1.25. The Bertz CT molecular complexity index is 502. The smallest absolute Gasteiger partial charge is 0.132 e. The molecule has 1 saturated heterocycles. The molecule has 1 aliphatic carbocycles. The number of likely N-dealkylation sites (tertiary alicyclic amines) is 1. The summed E-state index contributed by atoms with van der Waals surface area (Å²) >= 11 is 0. The zero-order valence-electron chi connectivity index (χ0n) is 14.7. The van der Waals surface area contributed by atoms with Crippen molar-refractivity contribution in [3.63, 3.8) is 0 Å². The van der Waals surface area contributed by atoms with Crippen LogP contribution in [0.2, 0.25) is 0 Å². The zero-order chi connectivity index (χ0) is 17.0. The predicted octanol–water partition coefficient (Wildman–Crippen LogP) is 2.42. The van der Waals surface area contributed by atoms with Gasteiger partial charge < -0.3 is 20.5 Å². The summed E-state index contributed by atoms with van der Waals surface area (Å²) in [6.07, 6.45) is 6.85. The molecule has 2 unspecified atom stereocenters. The Morgan fingerprint density at radius 3 is 2.65 bits per heavy atom. The number of allylic oxidation sites excluding steroid dienone is 2. The highest BCUT2D eigenvalue weighted by Crippen LogP contribution is 2.38. The summed E-state index contributed by atoms with van der Waals surface area (Å²) in [5.41, 5.74) is 6.26. The molecule has 0 aromatic rings. The van der Waals surface area contributed by atoms with E-state index >= 15 is 0 Å². The summed E-state index contributed by atoms with van der Waals surface area (Å²) in [4.78, 5) is 2.48. The van der Waals surface area contributed by atoms with Gasteiger partial charge >= 0.3 is 0 Å². The van der Waals surface area contributed by atoms with Crippen LogP contribution in [-0.4, -0.2) is 47.7 Å². The summed E-state index contributed by atoms with van der Waals surface area (Å²) < 4.78 is 5.94. The highest BCUT2D eigenvalue weighted by Gasteiger charge is 2.43. The van der Waals surface area contributed by atoms with Gasteiger partial charge in [0.25, 0.3) is 0 Å². The highest BCUT2D eigenvalue weighted by atomic mass is 16.5. The standard InChI is InChI=1S/C18H31N3O2/c1-13-12-14(2)16(18(3,22)15(13)17(19)20)23-11-7-10-21-8-5-4-6-9-21/h12,15,22H,4-11H2,1-3H3,(H3,19,20). The van der Waals surface area contributed by atoms with E-state index in [4.69, 9.17) is 15.9 Å². The van der Waals surface area contributed by atoms with Gasteiger partial charge in [0, 0.05) is 6.54 Å². The monoisotopic (exact) mass is 321 g/mol. The third-order valence-electron chi connectivity index (χ3n) is 4.90. The molecule has 1 heterocycles. The minimum Gasteiger partial charge on any atom is -0.495 e. The Morgan fingerprint density at radius 1 is 1.39 bits per heavy atom. The third kappa shape index (κ3) is 4.15. The number of rotatable bonds is 6. The topological polar surface area (TPSA) is 82.6 Å². The van der Waals surface area contributed by atoms with Gasteiger partial charge in [0.1, 0.15) is 17.2 Å². The van der Waals surface area contributed by atoms with Gasteiger partial charge in [0.05, 0.1) is 12.5 Å². The van der Waals surface area contributed by atoms with Gasteiger partial charge in [-0.2, -0.15) is 0 Å². The fraction of sp³-hybridized carbons (Fsp3) is 0.722. The van der Waals surface area contributed by atoms with Gasteiger partial charge in [-0.15, -0.1) is 0 Å². The Balaban J connectivity index is 1.94. The van der Waals surface area contributed by atoms with Crippen molar-refractivity contribution < 1.29 is 9.84 Å². The Labute approximate surface area is 139 Å². The first-order valence-electron chi connectivity index (χ1n) is 8.65. The Kier molecular flexibility index (Phi) is 5.87. The molecule has 5 nitrogen and oxygen atoms in total. The molecular formula is C18H31N3O2. The molecule has 0 aromatic heterocycles. The van der Waals surface area contributed by atoms with E-state index in [0.29, 0.717) is 12.4 Å². The summed E-state index contributed by atoms with van der Waals surface area (Å²) in [5.74, 6) is 0.0240. The van der Waals surface area contributed by atoms with E-state index in [1.54, 1.807) is 6.92 Å². The van der Waals surface area contributed by atoms with Crippen LogP contribution in [0.15, 0.2) is 23.0 Å². The predicted molar refractivity (Wildman–Crippen MR) is 93.3 cm³/mol. The SMILES string of the molecule is CC1=CC(C)=C(OCCCN2CCCCC2)C(C)(O)C1C(=N)N. The average Bonchev–Trinajstić information content (AvgIpc) is 2.45. The quantitative estimate of drug-likeness (QED) is 0.398. The molecular weight excluding hydrogens is 290 g/mol. The van der Waals surface area contributed by atoms with E-state index in [1.807, 2.05) is 19.9 Å². The maximum absolute atomic E-state index is 10.9. The lowest BCUT2D eigenvalue weighted by Gasteiger charge is -2.38. The molecule has 5 heteroatoms. The van der Waals surface area contributed by atoms with Gasteiger partial charge in [-0.3, -0.25) is 5.41 Å². The van der Waals surface area contributed by atoms with E-state index in [0.717, 1.165) is 24.1 Å². The summed E-state index contributed by atoms with van der Waals surface area (Å²) in [5, 5.41) is 18.7. The number of nitrogens with one attached hydrogen (secondary N) is 1. The van der Waals surface area contributed by atoms with Crippen LogP contribution >= 0.6 is 0 Å². The molecule has 0 bridgehead atoms. The van der Waals surface area contributed by atoms with Gasteiger partial charge in [-0.1, -0.05) is 18.1 Å². The van der Waals surface area contributed by atoms with Gasteiger partial charge in [0.2, 0.25) is 0 Å². The molecule has 0 spiro atoms. The largest absolute Gasteiger partial charge is 0.495 e. The number of amidine groups is 1. The zero-order valence-corrected chi connectivity index (χ0v) is 14.7. The summed E-state index contributed by atoms with van der Waals surface area (Å²) in [7, 11) is 0. The molecule has 23 heavy (non-hydrogen) atoms. The lowest BCUT2D eigenvalue weighted by atomic mass is 9.76. The van der Waals surface area contributed by atoms with Crippen molar-refractivity contribution in [1.29, 1.82) is 5.41 Å². The lowest BCUT2D eigenvalue weighted by Crippen LogP contribution is -2.47. The molecule has 130 valence electrons. The van der Waals surface area contributed by atoms with Crippen LogP contribution < -0.4 is 5.73 Å². The molecule has 4 N–H and O–H groups in total. The van der Waals surface area contributed by atoms with Crippen LogP contribution in [0.25, 0.3) is 0 Å². The number of aliphatic hydroxyl groups is 1. The second-order valence-corrected chi connectivity index (χ2v) is 7.04. The first-order valence-corrected chi connectivity index (χ1v) is 8.65. The third-order valence-corrected chi connectivity index (χ3v) is 4.90. The number of nitrogens with zero attached hydrogens (tertiary/aromatic N) is 1. The molecule has 1 fully saturated rings. The van der Waals surface area contributed by atoms with Gasteiger partial charge in [-0.05, 0) is 58.7 Å². The van der Waals surface area contributed by atoms with Crippen molar-refractivity contribution >= 4 is 5.84 Å². The van der Waals surface area contributed by atoms with E-state index in [9.17, 15) is 5.11 Å². The summed E-state index contributed by atoms with van der Waals surface area (Å²) in [6, 6.07) is 0. The molecule has 0 aromatic carbocycles. The number of nitrogens with two attached hydrogens (primary N) is 1. The molecule has 1 aliphatic heterocycles. The van der Waals surface area contributed by atoms with Crippen LogP contribution in [-0.2, 0) is 4.74 Å². The van der Waals surface area contributed by atoms with E-state index < -0.39 is 11.5 Å². The number of hydrogen-bond donors (Lipinski definition) is 3. The molecule has 2 aliphatic rings. The average molecular weight is 321 g/mol. The van der Waals surface area contributed by atoms with Crippen molar-refractivity contribution in [2.24, 2.45) is 11.7 Å². The fourth-order valence-electron chi connectivity index (χ4n) is 3.92. The van der Waals surface area contributed by atoms with Crippen LogP contribution in [0.4, 0.5) is 0 Å².